The maximum absolute atomic E-state index is 7.13. The average Bonchev–Trinajstić information content (AvgIpc) is 2.73. The van der Waals surface area contributed by atoms with Gasteiger partial charge in [0.1, 0.15) is 0 Å². The molecule has 2 heterocycles. The number of pyridine rings is 2. The van der Waals surface area contributed by atoms with Gasteiger partial charge in [-0.15, -0.1) is 0 Å². The third-order valence-corrected chi connectivity index (χ3v) is 4.33. The van der Waals surface area contributed by atoms with Crippen LogP contribution in [0.5, 0.6) is 0 Å². The average molecular weight is 527 g/mol. The summed E-state index contributed by atoms with van der Waals surface area (Å²) in [5.74, 6) is 1.44. The second kappa shape index (κ2) is 24.7. The smallest absolute Gasteiger partial charge is 0.696 e. The molecule has 0 spiro atoms. The van der Waals surface area contributed by atoms with Crippen LogP contribution in [0.15, 0.2) is 49.1 Å². The summed E-state index contributed by atoms with van der Waals surface area (Å²) in [6, 6.07) is 8.44. The molecule has 0 bridgehead atoms. The first-order valence-corrected chi connectivity index (χ1v) is 10.2. The molecule has 0 saturated heterocycles. The van der Waals surface area contributed by atoms with Gasteiger partial charge in [-0.05, 0) is 72.9 Å². The van der Waals surface area contributed by atoms with Crippen molar-refractivity contribution < 1.29 is 27.3 Å². The first-order chi connectivity index (χ1) is 13.6. The molecule has 2 aromatic heterocycles. The predicted octanol–water partition coefficient (Wildman–Crippen LogP) is 6.00. The van der Waals surface area contributed by atoms with Crippen LogP contribution in [-0.4, -0.2) is 9.97 Å². The summed E-state index contributed by atoms with van der Waals surface area (Å²) in [5, 5.41) is 16.9. The standard InChI is InChI=1S/2C10H15N.2CHNS.Cd/c2*1-3-9(4-2)10-5-7-11-8-6-10;2*2-1-3;/h2*5-9H,3-4H2,1-2H3;2*3H;/q;;;;+2/p-2. The van der Waals surface area contributed by atoms with E-state index in [-0.39, 0.29) is 27.3 Å². The molecule has 0 atom stereocenters. The summed E-state index contributed by atoms with van der Waals surface area (Å²) >= 11 is 7.40. The van der Waals surface area contributed by atoms with E-state index in [4.69, 9.17) is 10.5 Å². The van der Waals surface area contributed by atoms with E-state index >= 15 is 0 Å². The fourth-order valence-electron chi connectivity index (χ4n) is 2.79. The van der Waals surface area contributed by atoms with E-state index in [0.29, 0.717) is 0 Å². The van der Waals surface area contributed by atoms with Crippen LogP contribution in [0.1, 0.15) is 76.3 Å². The Bertz CT molecular complexity index is 591. The van der Waals surface area contributed by atoms with Crippen molar-refractivity contribution in [3.63, 3.8) is 0 Å². The molecule has 0 unspecified atom stereocenters. The summed E-state index contributed by atoms with van der Waals surface area (Å²) in [5.41, 5.74) is 2.84. The van der Waals surface area contributed by atoms with E-state index in [1.54, 1.807) is 0 Å². The monoisotopic (exact) mass is 528 g/mol. The summed E-state index contributed by atoms with van der Waals surface area (Å²) in [4.78, 5) is 7.99. The fourth-order valence-corrected chi connectivity index (χ4v) is 2.79. The largest absolute Gasteiger partial charge is 2.00 e. The van der Waals surface area contributed by atoms with Gasteiger partial charge >= 0.3 is 27.3 Å². The van der Waals surface area contributed by atoms with Gasteiger partial charge in [0.15, 0.2) is 0 Å². The first kappa shape index (κ1) is 32.3. The molecule has 29 heavy (non-hydrogen) atoms. The zero-order valence-corrected chi connectivity index (χ0v) is 23.6. The Hall–Kier alpha value is -1.36. The molecular formula is C22H30CdN4S2. The normalized spacial score (nSPS) is 8.41. The Morgan fingerprint density at radius 2 is 0.897 bits per heavy atom. The van der Waals surface area contributed by atoms with E-state index in [1.807, 2.05) is 24.8 Å². The van der Waals surface area contributed by atoms with Crippen molar-refractivity contribution in [2.24, 2.45) is 0 Å². The quantitative estimate of drug-likeness (QED) is 0.261. The molecule has 0 amide bonds. The van der Waals surface area contributed by atoms with Gasteiger partial charge in [-0.2, -0.15) is 0 Å². The van der Waals surface area contributed by atoms with Crippen molar-refractivity contribution in [1.29, 1.82) is 10.5 Å². The first-order valence-electron chi connectivity index (χ1n) is 9.42. The van der Waals surface area contributed by atoms with Gasteiger partial charge in [0.05, 0.1) is 0 Å². The van der Waals surface area contributed by atoms with Crippen LogP contribution in [0.25, 0.3) is 0 Å². The Morgan fingerprint density at radius 3 is 1.07 bits per heavy atom. The van der Waals surface area contributed by atoms with Crippen molar-refractivity contribution >= 4 is 25.3 Å². The van der Waals surface area contributed by atoms with Crippen molar-refractivity contribution in [3.05, 3.63) is 60.2 Å². The summed E-state index contributed by atoms with van der Waals surface area (Å²) in [6.45, 7) is 8.92. The Balaban J connectivity index is -0.000000358. The fraction of sp³-hybridized carbons (Fsp3) is 0.455. The number of thiocyanates is 2. The molecule has 0 fully saturated rings. The van der Waals surface area contributed by atoms with Crippen LogP contribution in [0.2, 0.25) is 0 Å². The minimum atomic E-state index is 0. The molecule has 0 saturated carbocycles. The number of hydrogen-bond acceptors (Lipinski definition) is 6. The van der Waals surface area contributed by atoms with Crippen LogP contribution in [0.4, 0.5) is 0 Å². The minimum absolute atomic E-state index is 0. The van der Waals surface area contributed by atoms with Crippen molar-refractivity contribution in [2.75, 3.05) is 0 Å². The second-order valence-corrected chi connectivity index (χ2v) is 6.14. The zero-order valence-electron chi connectivity index (χ0n) is 17.9. The van der Waals surface area contributed by atoms with Crippen molar-refractivity contribution in [3.8, 4) is 10.8 Å². The van der Waals surface area contributed by atoms with Crippen LogP contribution in [0.3, 0.4) is 0 Å². The van der Waals surface area contributed by atoms with Crippen LogP contribution in [-0.2, 0) is 52.6 Å². The number of hydrogen-bond donors (Lipinski definition) is 0. The molecule has 0 aliphatic carbocycles. The third kappa shape index (κ3) is 17.2. The molecule has 2 rings (SSSR count). The van der Waals surface area contributed by atoms with E-state index in [2.05, 4.69) is 87.2 Å². The number of rotatable bonds is 6. The molecule has 7 heteroatoms. The van der Waals surface area contributed by atoms with Gasteiger partial charge < -0.3 is 25.3 Å². The minimum Gasteiger partial charge on any atom is -0.696 e. The van der Waals surface area contributed by atoms with Gasteiger partial charge in [0.25, 0.3) is 0 Å². The van der Waals surface area contributed by atoms with Gasteiger partial charge in [0, 0.05) is 24.8 Å². The van der Waals surface area contributed by atoms with E-state index in [9.17, 15) is 0 Å². The van der Waals surface area contributed by atoms with Crippen molar-refractivity contribution in [2.45, 2.75) is 65.2 Å². The van der Waals surface area contributed by atoms with Gasteiger partial charge in [-0.25, -0.2) is 10.5 Å². The Kier molecular flexibility index (Phi) is 27.5. The molecule has 152 valence electrons. The van der Waals surface area contributed by atoms with Crippen LogP contribution < -0.4 is 0 Å². The summed E-state index contributed by atoms with van der Waals surface area (Å²) < 4.78 is 0. The molecule has 2 aromatic rings. The topological polar surface area (TPSA) is 73.4 Å². The zero-order chi connectivity index (χ0) is 21.6. The molecule has 0 aromatic carbocycles. The summed E-state index contributed by atoms with van der Waals surface area (Å²) in [7, 11) is 0. The Labute approximate surface area is 208 Å². The second-order valence-electron chi connectivity index (χ2n) is 5.77. The SMILES string of the molecule is CCC(CC)c1ccncc1.CCC(CC)c1ccncc1.N#C[S-].N#C[S-].[Cd+2]. The third-order valence-electron chi connectivity index (χ3n) is 4.33. The summed E-state index contributed by atoms with van der Waals surface area (Å²) in [6.07, 6.45) is 12.4. The predicted molar refractivity (Wildman–Crippen MR) is 121 cm³/mol. The Morgan fingerprint density at radius 1 is 0.690 bits per heavy atom. The number of nitriles is 2. The molecule has 0 radical (unpaired) electrons. The molecular weight excluding hydrogens is 497 g/mol. The van der Waals surface area contributed by atoms with Gasteiger partial charge in [0.2, 0.25) is 0 Å². The van der Waals surface area contributed by atoms with E-state index in [1.165, 1.54) is 47.6 Å². The maximum Gasteiger partial charge on any atom is 2.00 e. The van der Waals surface area contributed by atoms with Crippen molar-refractivity contribution in [1.82, 2.24) is 9.97 Å². The molecule has 4 nitrogen and oxygen atoms in total. The molecule has 0 aliphatic heterocycles. The number of aromatic nitrogens is 2. The maximum atomic E-state index is 7.13. The van der Waals surface area contributed by atoms with Crippen LogP contribution in [0, 0.1) is 21.3 Å². The van der Waals surface area contributed by atoms with Crippen LogP contribution >= 0.6 is 0 Å². The van der Waals surface area contributed by atoms with Gasteiger partial charge in [-0.3, -0.25) is 9.97 Å². The molecule has 0 N–H and O–H groups in total. The van der Waals surface area contributed by atoms with E-state index < -0.39 is 0 Å². The molecule has 0 aliphatic rings. The van der Waals surface area contributed by atoms with Gasteiger partial charge in [-0.1, -0.05) is 38.5 Å². The number of nitrogens with zero attached hydrogens (tertiary/aromatic N) is 4. The van der Waals surface area contributed by atoms with E-state index in [0.717, 1.165) is 11.8 Å².